The first kappa shape index (κ1) is 16.6. The summed E-state index contributed by atoms with van der Waals surface area (Å²) in [6, 6.07) is 1.77. The highest BCUT2D eigenvalue weighted by molar-refractivity contribution is 5.92. The first-order valence-electron chi connectivity index (χ1n) is 9.20. The van der Waals surface area contributed by atoms with Crippen LogP contribution < -0.4 is 5.32 Å². The Morgan fingerprint density at radius 2 is 2.16 bits per heavy atom. The maximum Gasteiger partial charge on any atom is 0.276 e. The molecule has 4 rings (SSSR count). The van der Waals surface area contributed by atoms with Crippen molar-refractivity contribution in [3.8, 4) is 0 Å². The number of aromatic nitrogens is 1. The van der Waals surface area contributed by atoms with E-state index >= 15 is 0 Å². The summed E-state index contributed by atoms with van der Waals surface area (Å²) in [5, 5.41) is 6.93. The van der Waals surface area contributed by atoms with Crippen LogP contribution >= 0.6 is 0 Å². The molecular weight excluding hydrogens is 322 g/mol. The van der Waals surface area contributed by atoms with Gasteiger partial charge in [-0.3, -0.25) is 9.59 Å². The monoisotopic (exact) mass is 347 g/mol. The van der Waals surface area contributed by atoms with Gasteiger partial charge < -0.3 is 19.5 Å². The number of rotatable bonds is 5. The van der Waals surface area contributed by atoms with Gasteiger partial charge in [0.25, 0.3) is 5.91 Å². The molecule has 0 radical (unpaired) electrons. The second-order valence-corrected chi connectivity index (χ2v) is 7.88. The predicted octanol–water partition coefficient (Wildman–Crippen LogP) is 1.55. The van der Waals surface area contributed by atoms with Crippen molar-refractivity contribution in [2.75, 3.05) is 19.6 Å². The molecule has 1 aromatic rings. The highest BCUT2D eigenvalue weighted by Gasteiger charge is 2.46. The Kier molecular flexibility index (Phi) is 4.27. The SMILES string of the molecule is CC(C)CNC(=O)C1CC2CN(C(=O)c3cc(C4CC4)on3)CC1O2. The van der Waals surface area contributed by atoms with Crippen molar-refractivity contribution in [3.05, 3.63) is 17.5 Å². The van der Waals surface area contributed by atoms with Crippen molar-refractivity contribution in [1.29, 1.82) is 0 Å². The number of hydrogen-bond donors (Lipinski definition) is 1. The van der Waals surface area contributed by atoms with Gasteiger partial charge in [-0.25, -0.2) is 0 Å². The van der Waals surface area contributed by atoms with E-state index in [1.54, 1.807) is 11.0 Å². The number of carbonyl (C=O) groups excluding carboxylic acids is 2. The second kappa shape index (κ2) is 6.44. The molecule has 1 N–H and O–H groups in total. The summed E-state index contributed by atoms with van der Waals surface area (Å²) < 4.78 is 11.2. The Balaban J connectivity index is 1.39. The van der Waals surface area contributed by atoms with Crippen LogP contribution in [0.3, 0.4) is 0 Å². The molecule has 3 unspecified atom stereocenters. The van der Waals surface area contributed by atoms with Gasteiger partial charge in [-0.1, -0.05) is 19.0 Å². The van der Waals surface area contributed by atoms with Crippen LogP contribution in [0, 0.1) is 11.8 Å². The molecule has 3 heterocycles. The van der Waals surface area contributed by atoms with E-state index in [2.05, 4.69) is 24.3 Å². The van der Waals surface area contributed by atoms with Crippen LogP contribution in [-0.2, 0) is 9.53 Å². The number of morpholine rings is 1. The summed E-state index contributed by atoms with van der Waals surface area (Å²) in [7, 11) is 0. The van der Waals surface area contributed by atoms with Crippen LogP contribution in [0.15, 0.2) is 10.6 Å². The molecule has 7 heteroatoms. The van der Waals surface area contributed by atoms with Crippen LogP contribution in [0.2, 0.25) is 0 Å². The molecule has 0 aromatic carbocycles. The van der Waals surface area contributed by atoms with Gasteiger partial charge in [0.1, 0.15) is 5.76 Å². The predicted molar refractivity (Wildman–Crippen MR) is 89.0 cm³/mol. The second-order valence-electron chi connectivity index (χ2n) is 7.88. The average Bonchev–Trinajstić information content (AvgIpc) is 3.25. The van der Waals surface area contributed by atoms with E-state index in [1.165, 1.54) is 0 Å². The summed E-state index contributed by atoms with van der Waals surface area (Å²) in [5.74, 6) is 1.39. The molecule has 2 amide bonds. The van der Waals surface area contributed by atoms with Crippen LogP contribution in [0.5, 0.6) is 0 Å². The van der Waals surface area contributed by atoms with Crippen molar-refractivity contribution in [3.63, 3.8) is 0 Å². The van der Waals surface area contributed by atoms with E-state index in [0.717, 1.165) is 18.6 Å². The average molecular weight is 347 g/mol. The molecule has 1 saturated carbocycles. The minimum absolute atomic E-state index is 0.0351. The number of nitrogens with zero attached hydrogens (tertiary/aromatic N) is 2. The van der Waals surface area contributed by atoms with E-state index < -0.39 is 0 Å². The lowest BCUT2D eigenvalue weighted by molar-refractivity contribution is -0.127. The van der Waals surface area contributed by atoms with Crippen molar-refractivity contribution in [2.24, 2.45) is 11.8 Å². The lowest BCUT2D eigenvalue weighted by atomic mass is 9.99. The van der Waals surface area contributed by atoms with Gasteiger partial charge in [-0.15, -0.1) is 0 Å². The summed E-state index contributed by atoms with van der Waals surface area (Å²) in [6.07, 6.45) is 2.58. The van der Waals surface area contributed by atoms with Crippen LogP contribution in [0.4, 0.5) is 0 Å². The van der Waals surface area contributed by atoms with Gasteiger partial charge >= 0.3 is 0 Å². The lowest BCUT2D eigenvalue weighted by Crippen LogP contribution is -2.48. The molecule has 1 aromatic heterocycles. The van der Waals surface area contributed by atoms with Crippen LogP contribution in [0.1, 0.15) is 55.3 Å². The fourth-order valence-corrected chi connectivity index (χ4v) is 3.65. The van der Waals surface area contributed by atoms with Gasteiger partial charge in [-0.05, 0) is 25.2 Å². The zero-order chi connectivity index (χ0) is 17.6. The molecule has 7 nitrogen and oxygen atoms in total. The van der Waals surface area contributed by atoms with Crippen molar-refractivity contribution in [1.82, 2.24) is 15.4 Å². The molecular formula is C18H25N3O4. The standard InChI is InChI=1S/C18H25N3O4/c1-10(2)7-19-17(22)13-5-12-8-21(9-16(13)24-12)18(23)14-6-15(25-20-14)11-3-4-11/h6,10-13,16H,3-5,7-9H2,1-2H3,(H,19,22). The highest BCUT2D eigenvalue weighted by atomic mass is 16.5. The summed E-state index contributed by atoms with van der Waals surface area (Å²) in [4.78, 5) is 26.9. The molecule has 0 spiro atoms. The number of likely N-dealkylation sites (tertiary alicyclic amines) is 1. The molecule has 25 heavy (non-hydrogen) atoms. The van der Waals surface area contributed by atoms with E-state index in [1.807, 2.05) is 0 Å². The quantitative estimate of drug-likeness (QED) is 0.874. The minimum Gasteiger partial charge on any atom is -0.370 e. The van der Waals surface area contributed by atoms with Crippen molar-refractivity contribution < 1.29 is 18.8 Å². The lowest BCUT2D eigenvalue weighted by Gasteiger charge is -2.32. The third-order valence-electron chi connectivity index (χ3n) is 5.19. The van der Waals surface area contributed by atoms with Gasteiger partial charge in [0.05, 0.1) is 18.1 Å². The number of hydrogen-bond acceptors (Lipinski definition) is 5. The number of ether oxygens (including phenoxy) is 1. The molecule has 3 atom stereocenters. The Morgan fingerprint density at radius 3 is 2.88 bits per heavy atom. The zero-order valence-corrected chi connectivity index (χ0v) is 14.7. The van der Waals surface area contributed by atoms with Crippen molar-refractivity contribution in [2.45, 2.75) is 51.2 Å². The van der Waals surface area contributed by atoms with Crippen molar-refractivity contribution >= 4 is 11.8 Å². The first-order valence-corrected chi connectivity index (χ1v) is 9.20. The largest absolute Gasteiger partial charge is 0.370 e. The third-order valence-corrected chi connectivity index (χ3v) is 5.19. The molecule has 2 bridgehead atoms. The Bertz CT molecular complexity index is 667. The Morgan fingerprint density at radius 1 is 1.36 bits per heavy atom. The molecule has 2 aliphatic heterocycles. The van der Waals surface area contributed by atoms with E-state index in [9.17, 15) is 9.59 Å². The molecule has 1 aliphatic carbocycles. The summed E-state index contributed by atoms with van der Waals surface area (Å²) >= 11 is 0. The van der Waals surface area contributed by atoms with Gasteiger partial charge in [0, 0.05) is 31.6 Å². The fourth-order valence-electron chi connectivity index (χ4n) is 3.65. The Hall–Kier alpha value is -1.89. The van der Waals surface area contributed by atoms with Gasteiger partial charge in [-0.2, -0.15) is 0 Å². The molecule has 3 fully saturated rings. The number of carbonyl (C=O) groups is 2. The molecule has 3 aliphatic rings. The number of amides is 2. The summed E-state index contributed by atoms with van der Waals surface area (Å²) in [6.45, 7) is 5.74. The van der Waals surface area contributed by atoms with E-state index in [-0.39, 0.29) is 29.9 Å². The highest BCUT2D eigenvalue weighted by Crippen LogP contribution is 2.40. The molecule has 136 valence electrons. The third kappa shape index (κ3) is 3.42. The topological polar surface area (TPSA) is 84.7 Å². The van der Waals surface area contributed by atoms with Gasteiger partial charge in [0.2, 0.25) is 5.91 Å². The van der Waals surface area contributed by atoms with E-state index in [0.29, 0.717) is 43.6 Å². The normalized spacial score (nSPS) is 28.4. The summed E-state index contributed by atoms with van der Waals surface area (Å²) in [5.41, 5.74) is 0.365. The van der Waals surface area contributed by atoms with Crippen LogP contribution in [-0.4, -0.2) is 53.7 Å². The van der Waals surface area contributed by atoms with Gasteiger partial charge in [0.15, 0.2) is 5.69 Å². The van der Waals surface area contributed by atoms with Crippen LogP contribution in [0.25, 0.3) is 0 Å². The number of fused-ring (bicyclic) bond motifs is 2. The minimum atomic E-state index is -0.232. The zero-order valence-electron chi connectivity index (χ0n) is 14.7. The maximum atomic E-state index is 12.7. The molecule has 2 saturated heterocycles. The maximum absolute atomic E-state index is 12.7. The smallest absolute Gasteiger partial charge is 0.276 e. The first-order chi connectivity index (χ1) is 12.0. The van der Waals surface area contributed by atoms with E-state index in [4.69, 9.17) is 9.26 Å². The Labute approximate surface area is 147 Å². The fraction of sp³-hybridized carbons (Fsp3) is 0.722. The number of nitrogens with one attached hydrogen (secondary N) is 1.